The maximum absolute atomic E-state index is 13.2. The third-order valence-corrected chi connectivity index (χ3v) is 8.64. The zero-order valence-corrected chi connectivity index (χ0v) is 22.4. The average molecular weight is 574 g/mol. The number of thioether (sulfide) groups is 1. The number of carbonyl (C=O) groups is 2. The molecule has 2 aliphatic rings. The van der Waals surface area contributed by atoms with Crippen LogP contribution in [0.25, 0.3) is 0 Å². The largest absolute Gasteiger partial charge is 0.455 e. The molecule has 1 fully saturated rings. The van der Waals surface area contributed by atoms with E-state index in [0.29, 0.717) is 15.1 Å². The summed E-state index contributed by atoms with van der Waals surface area (Å²) < 4.78 is 24.0. The highest BCUT2D eigenvalue weighted by molar-refractivity contribution is 9.10. The van der Waals surface area contributed by atoms with Crippen molar-refractivity contribution in [2.75, 3.05) is 18.6 Å². The van der Waals surface area contributed by atoms with E-state index in [1.54, 1.807) is 27.7 Å². The normalized spacial score (nSPS) is 23.5. The van der Waals surface area contributed by atoms with Gasteiger partial charge in [0.1, 0.15) is 16.7 Å². The third kappa shape index (κ3) is 4.97. The van der Waals surface area contributed by atoms with E-state index in [4.69, 9.17) is 9.47 Å². The molecule has 3 atom stereocenters. The van der Waals surface area contributed by atoms with Gasteiger partial charge in [-0.3, -0.25) is 29.0 Å². The second-order valence-corrected chi connectivity index (χ2v) is 12.0. The Bertz CT molecular complexity index is 1130. The molecule has 2 aliphatic heterocycles. The molecule has 1 unspecified atom stereocenters. The van der Waals surface area contributed by atoms with Gasteiger partial charge in [-0.25, -0.2) is 4.79 Å². The fourth-order valence-corrected chi connectivity index (χ4v) is 6.63. The standard InChI is InChI=1S/C21H24BrN3O7S2/c1-12-11-33-19-21(31-5,18(27)24(19)16(12)17(26)32-20(2,3)4)23-8-9-34(30)15-7-6-13(25(28)29)10-14(15)22/h6-8,10,19H,9,11H2,1-5H3/t19-,21-,34?/m0/s1. The fraction of sp³-hybridized carbons (Fsp3) is 0.476. The first-order chi connectivity index (χ1) is 15.8. The van der Waals surface area contributed by atoms with Crippen LogP contribution in [0.3, 0.4) is 0 Å². The first-order valence-electron chi connectivity index (χ1n) is 10.1. The van der Waals surface area contributed by atoms with Gasteiger partial charge in [0.2, 0.25) is 0 Å². The zero-order chi connectivity index (χ0) is 25.4. The van der Waals surface area contributed by atoms with Gasteiger partial charge < -0.3 is 9.47 Å². The Morgan fingerprint density at radius 3 is 2.71 bits per heavy atom. The molecule has 0 aromatic heterocycles. The number of nitro groups is 1. The van der Waals surface area contributed by atoms with Crippen molar-refractivity contribution in [2.24, 2.45) is 4.99 Å². The van der Waals surface area contributed by atoms with E-state index in [-0.39, 0.29) is 17.1 Å². The lowest BCUT2D eigenvalue weighted by molar-refractivity contribution is -0.385. The van der Waals surface area contributed by atoms with Crippen molar-refractivity contribution >= 4 is 62.3 Å². The van der Waals surface area contributed by atoms with Crippen molar-refractivity contribution < 1.29 is 28.2 Å². The lowest BCUT2D eigenvalue weighted by Gasteiger charge is -2.54. The van der Waals surface area contributed by atoms with Gasteiger partial charge in [-0.05, 0) is 55.3 Å². The number of fused-ring (bicyclic) bond motifs is 1. The molecule has 0 spiro atoms. The summed E-state index contributed by atoms with van der Waals surface area (Å²) in [5, 5.41) is 10.3. The summed E-state index contributed by atoms with van der Waals surface area (Å²) in [5.74, 6) is -0.641. The molecule has 0 radical (unpaired) electrons. The average Bonchev–Trinajstić information content (AvgIpc) is 2.74. The molecule has 1 aromatic rings. The minimum Gasteiger partial charge on any atom is -0.455 e. The highest BCUT2D eigenvalue weighted by atomic mass is 79.9. The molecule has 1 amide bonds. The van der Waals surface area contributed by atoms with Crippen LogP contribution in [0.4, 0.5) is 5.69 Å². The van der Waals surface area contributed by atoms with Crippen molar-refractivity contribution in [1.29, 1.82) is 0 Å². The van der Waals surface area contributed by atoms with Crippen LogP contribution >= 0.6 is 27.7 Å². The molecular weight excluding hydrogens is 550 g/mol. The number of carbonyl (C=O) groups excluding carboxylic acids is 2. The number of nitro benzene ring substituents is 1. The lowest BCUT2D eigenvalue weighted by atomic mass is 9.99. The topological polar surface area (TPSA) is 128 Å². The molecule has 0 aliphatic carbocycles. The Morgan fingerprint density at radius 2 is 2.15 bits per heavy atom. The summed E-state index contributed by atoms with van der Waals surface area (Å²) in [4.78, 5) is 42.3. The number of methoxy groups -OCH3 is 1. The number of rotatable bonds is 7. The van der Waals surface area contributed by atoms with Gasteiger partial charge in [-0.1, -0.05) is 0 Å². The molecule has 0 saturated carbocycles. The van der Waals surface area contributed by atoms with Crippen LogP contribution < -0.4 is 0 Å². The molecule has 0 N–H and O–H groups in total. The van der Waals surface area contributed by atoms with Crippen molar-refractivity contribution in [3.8, 4) is 0 Å². The predicted octanol–water partition coefficient (Wildman–Crippen LogP) is 3.41. The first kappa shape index (κ1) is 26.5. The summed E-state index contributed by atoms with van der Waals surface area (Å²) in [7, 11) is -0.217. The van der Waals surface area contributed by atoms with Gasteiger partial charge in [0, 0.05) is 35.7 Å². The molecule has 2 heterocycles. The molecule has 0 bridgehead atoms. The van der Waals surface area contributed by atoms with Crippen LogP contribution in [0.5, 0.6) is 0 Å². The van der Waals surface area contributed by atoms with Crippen molar-refractivity contribution in [2.45, 2.75) is 49.3 Å². The number of ether oxygens (including phenoxy) is 2. The number of non-ortho nitro benzene ring substituents is 1. The maximum Gasteiger partial charge on any atom is 0.355 e. The summed E-state index contributed by atoms with van der Waals surface area (Å²) >= 11 is 4.62. The minimum atomic E-state index is -1.57. The quantitative estimate of drug-likeness (QED) is 0.159. The smallest absolute Gasteiger partial charge is 0.355 e. The number of amides is 1. The lowest BCUT2D eigenvalue weighted by Crippen LogP contribution is -2.73. The molecule has 3 rings (SSSR count). The number of esters is 1. The number of hydrogen-bond acceptors (Lipinski definition) is 9. The maximum atomic E-state index is 13.2. The summed E-state index contributed by atoms with van der Waals surface area (Å²) in [6.07, 6.45) is 1.35. The number of β-lactam (4-membered cyclic amide) rings is 1. The van der Waals surface area contributed by atoms with E-state index in [1.807, 2.05) is 0 Å². The monoisotopic (exact) mass is 573 g/mol. The Morgan fingerprint density at radius 1 is 1.47 bits per heavy atom. The molecule has 1 saturated heterocycles. The van der Waals surface area contributed by atoms with Crippen molar-refractivity contribution in [3.05, 3.63) is 44.1 Å². The number of aliphatic imine (C=N–C) groups is 1. The van der Waals surface area contributed by atoms with E-state index in [9.17, 15) is 23.9 Å². The summed E-state index contributed by atoms with van der Waals surface area (Å²) in [5.41, 5.74) is -1.47. The molecule has 34 heavy (non-hydrogen) atoms. The molecule has 184 valence electrons. The van der Waals surface area contributed by atoms with Gasteiger partial charge in [-0.2, -0.15) is 0 Å². The minimum absolute atomic E-state index is 0.0417. The highest BCUT2D eigenvalue weighted by Gasteiger charge is 2.66. The summed E-state index contributed by atoms with van der Waals surface area (Å²) in [6, 6.07) is 3.96. The number of halogens is 1. The van der Waals surface area contributed by atoms with Gasteiger partial charge in [0.25, 0.3) is 17.3 Å². The van der Waals surface area contributed by atoms with Crippen molar-refractivity contribution in [3.63, 3.8) is 0 Å². The number of benzene rings is 1. The molecule has 1 aromatic carbocycles. The second-order valence-electron chi connectivity index (χ2n) is 8.57. The van der Waals surface area contributed by atoms with Crippen LogP contribution in [0, 0.1) is 10.1 Å². The van der Waals surface area contributed by atoms with Crippen LogP contribution in [-0.2, 0) is 29.9 Å². The van der Waals surface area contributed by atoms with E-state index < -0.39 is 44.3 Å². The summed E-state index contributed by atoms with van der Waals surface area (Å²) in [6.45, 7) is 7.03. The van der Waals surface area contributed by atoms with E-state index in [2.05, 4.69) is 20.9 Å². The first-order valence-corrected chi connectivity index (χ1v) is 13.3. The molecule has 13 heteroatoms. The van der Waals surface area contributed by atoms with Crippen LogP contribution in [-0.4, -0.2) is 67.4 Å². The second kappa shape index (κ2) is 9.88. The Labute approximate surface area is 211 Å². The fourth-order valence-electron chi connectivity index (χ4n) is 3.45. The van der Waals surface area contributed by atoms with Gasteiger partial charge in [0.15, 0.2) is 0 Å². The number of nitrogens with zero attached hydrogens (tertiary/aromatic N) is 3. The number of hydrogen-bond donors (Lipinski definition) is 0. The Kier molecular flexibility index (Phi) is 7.70. The third-order valence-electron chi connectivity index (χ3n) is 4.98. The van der Waals surface area contributed by atoms with Crippen molar-refractivity contribution in [1.82, 2.24) is 4.90 Å². The van der Waals surface area contributed by atoms with Gasteiger partial charge in [-0.15, -0.1) is 11.8 Å². The molecule has 10 nitrogen and oxygen atoms in total. The predicted molar refractivity (Wildman–Crippen MR) is 132 cm³/mol. The van der Waals surface area contributed by atoms with Gasteiger partial charge in [0.05, 0.1) is 26.4 Å². The van der Waals surface area contributed by atoms with Crippen LogP contribution in [0.1, 0.15) is 27.7 Å². The highest BCUT2D eigenvalue weighted by Crippen LogP contribution is 2.48. The van der Waals surface area contributed by atoms with Crippen LogP contribution in [0.15, 0.2) is 43.8 Å². The Hall–Kier alpha value is -2.09. The van der Waals surface area contributed by atoms with Crippen LogP contribution in [0.2, 0.25) is 0 Å². The van der Waals surface area contributed by atoms with E-state index in [0.717, 1.165) is 5.57 Å². The Balaban J connectivity index is 1.78. The van der Waals surface area contributed by atoms with E-state index in [1.165, 1.54) is 48.2 Å². The van der Waals surface area contributed by atoms with Gasteiger partial charge >= 0.3 is 5.97 Å². The molecular formula is C21H24BrN3O7S2. The SMILES string of the molecule is CO[C@@]1(N=CCS(=O)c2ccc([N+](=O)[O-])cc2Br)C(=O)N2C(C(=O)OC(C)(C)C)=C(C)CS[C@H]21. The van der Waals surface area contributed by atoms with E-state index >= 15 is 0 Å². The zero-order valence-electron chi connectivity index (χ0n) is 19.2.